The van der Waals surface area contributed by atoms with Crippen molar-refractivity contribution in [3.63, 3.8) is 0 Å². The Balaban J connectivity index is 2.29. The molecule has 21 heavy (non-hydrogen) atoms. The van der Waals surface area contributed by atoms with Gasteiger partial charge in [-0.05, 0) is 43.2 Å². The summed E-state index contributed by atoms with van der Waals surface area (Å²) in [4.78, 5) is 4.17. The van der Waals surface area contributed by atoms with Gasteiger partial charge in [-0.1, -0.05) is 19.1 Å². The lowest BCUT2D eigenvalue weighted by Crippen LogP contribution is -2.13. The number of anilines is 1. The third-order valence-corrected chi connectivity index (χ3v) is 4.48. The number of nitrogens with zero attached hydrogens (tertiary/aromatic N) is 1. The van der Waals surface area contributed by atoms with E-state index in [1.54, 1.807) is 24.3 Å². The summed E-state index contributed by atoms with van der Waals surface area (Å²) in [6.07, 6.45) is 1.33. The molecule has 6 heteroatoms. The minimum atomic E-state index is -3.69. The van der Waals surface area contributed by atoms with Gasteiger partial charge in [0, 0.05) is 5.69 Å². The number of rotatable bonds is 5. The van der Waals surface area contributed by atoms with E-state index in [1.807, 2.05) is 13.8 Å². The highest BCUT2D eigenvalue weighted by atomic mass is 32.2. The van der Waals surface area contributed by atoms with Crippen LogP contribution < -0.4 is 4.72 Å². The second kappa shape index (κ2) is 6.24. The van der Waals surface area contributed by atoms with E-state index in [-0.39, 0.29) is 4.90 Å². The van der Waals surface area contributed by atoms with Gasteiger partial charge in [-0.15, -0.1) is 0 Å². The summed E-state index contributed by atoms with van der Waals surface area (Å²) in [5, 5.41) is 9.81. The third kappa shape index (κ3) is 3.80. The summed E-state index contributed by atoms with van der Waals surface area (Å²) < 4.78 is 27.1. The van der Waals surface area contributed by atoms with Gasteiger partial charge >= 0.3 is 0 Å². The first-order chi connectivity index (χ1) is 9.92. The molecule has 2 aromatic rings. The van der Waals surface area contributed by atoms with E-state index < -0.39 is 16.1 Å². The highest BCUT2D eigenvalue weighted by Crippen LogP contribution is 2.21. The van der Waals surface area contributed by atoms with Crippen molar-refractivity contribution in [2.75, 3.05) is 4.72 Å². The van der Waals surface area contributed by atoms with Crippen LogP contribution >= 0.6 is 0 Å². The number of benzene rings is 1. The highest BCUT2D eigenvalue weighted by molar-refractivity contribution is 7.92. The summed E-state index contributed by atoms with van der Waals surface area (Å²) in [5.41, 5.74) is 1.80. The molecule has 0 aliphatic carbocycles. The van der Waals surface area contributed by atoms with Gasteiger partial charge in [0.05, 0.1) is 22.9 Å². The Morgan fingerprint density at radius 2 is 2.05 bits per heavy atom. The normalized spacial score (nSPS) is 12.9. The van der Waals surface area contributed by atoms with Crippen LogP contribution in [-0.4, -0.2) is 18.5 Å². The molecule has 1 unspecified atom stereocenters. The van der Waals surface area contributed by atoms with E-state index in [4.69, 9.17) is 0 Å². The fourth-order valence-corrected chi connectivity index (χ4v) is 2.96. The second-order valence-electron chi connectivity index (χ2n) is 4.79. The Kier molecular flexibility index (Phi) is 4.59. The Labute approximate surface area is 124 Å². The quantitative estimate of drug-likeness (QED) is 0.890. The first kappa shape index (κ1) is 15.5. The first-order valence-electron chi connectivity index (χ1n) is 6.66. The highest BCUT2D eigenvalue weighted by Gasteiger charge is 2.16. The van der Waals surface area contributed by atoms with Crippen molar-refractivity contribution in [2.24, 2.45) is 0 Å². The van der Waals surface area contributed by atoms with Gasteiger partial charge in [-0.2, -0.15) is 0 Å². The fourth-order valence-electron chi connectivity index (χ4n) is 1.87. The number of aromatic nitrogens is 1. The van der Waals surface area contributed by atoms with Crippen LogP contribution in [-0.2, 0) is 10.0 Å². The largest absolute Gasteiger partial charge is 0.388 e. The number of nitrogens with one attached hydrogen (secondary N) is 1. The Morgan fingerprint density at radius 3 is 2.67 bits per heavy atom. The van der Waals surface area contributed by atoms with Crippen LogP contribution in [0.3, 0.4) is 0 Å². The van der Waals surface area contributed by atoms with Crippen molar-refractivity contribution >= 4 is 15.7 Å². The molecule has 0 spiro atoms. The smallest absolute Gasteiger partial charge is 0.261 e. The van der Waals surface area contributed by atoms with Gasteiger partial charge < -0.3 is 5.11 Å². The van der Waals surface area contributed by atoms with E-state index in [9.17, 15) is 13.5 Å². The molecule has 1 aromatic carbocycles. The third-order valence-electron chi connectivity index (χ3n) is 3.10. The minimum absolute atomic E-state index is 0.119. The number of hydrogen-bond donors (Lipinski definition) is 2. The van der Waals surface area contributed by atoms with Crippen molar-refractivity contribution in [1.29, 1.82) is 0 Å². The zero-order valence-electron chi connectivity index (χ0n) is 11.9. The van der Waals surface area contributed by atoms with E-state index in [0.717, 1.165) is 5.69 Å². The van der Waals surface area contributed by atoms with Gasteiger partial charge in [0.25, 0.3) is 10.0 Å². The monoisotopic (exact) mass is 306 g/mol. The van der Waals surface area contributed by atoms with Crippen LogP contribution in [0.25, 0.3) is 0 Å². The molecule has 0 saturated heterocycles. The Hall–Kier alpha value is -1.92. The van der Waals surface area contributed by atoms with Crippen LogP contribution in [0.1, 0.15) is 30.7 Å². The van der Waals surface area contributed by atoms with Crippen molar-refractivity contribution < 1.29 is 13.5 Å². The molecule has 0 fully saturated rings. The topological polar surface area (TPSA) is 79.3 Å². The summed E-state index contributed by atoms with van der Waals surface area (Å²) in [5.74, 6) is 0. The van der Waals surface area contributed by atoms with Gasteiger partial charge in [-0.25, -0.2) is 8.42 Å². The molecule has 2 rings (SSSR count). The molecule has 0 amide bonds. The van der Waals surface area contributed by atoms with Gasteiger partial charge in [0.2, 0.25) is 0 Å². The standard InChI is InChI=1S/C15H18N2O3S/c1-3-15(18)12-5-4-6-14(9-12)21(19,20)17-13-8-7-11(2)16-10-13/h4-10,15,17-18H,3H2,1-2H3. The first-order valence-corrected chi connectivity index (χ1v) is 8.14. The average Bonchev–Trinajstić information content (AvgIpc) is 2.49. The number of pyridine rings is 1. The van der Waals surface area contributed by atoms with Crippen LogP contribution in [0.4, 0.5) is 5.69 Å². The molecule has 0 radical (unpaired) electrons. The molecule has 0 aliphatic heterocycles. The van der Waals surface area contributed by atoms with Crippen molar-refractivity contribution in [3.8, 4) is 0 Å². The maximum Gasteiger partial charge on any atom is 0.261 e. The van der Waals surface area contributed by atoms with Crippen LogP contribution in [0, 0.1) is 6.92 Å². The lowest BCUT2D eigenvalue weighted by atomic mass is 10.1. The molecule has 1 heterocycles. The fraction of sp³-hybridized carbons (Fsp3) is 0.267. The van der Waals surface area contributed by atoms with E-state index in [0.29, 0.717) is 17.7 Å². The molecule has 1 aromatic heterocycles. The van der Waals surface area contributed by atoms with Gasteiger partial charge in [0.1, 0.15) is 0 Å². The van der Waals surface area contributed by atoms with Crippen LogP contribution in [0.15, 0.2) is 47.5 Å². The zero-order chi connectivity index (χ0) is 15.5. The van der Waals surface area contributed by atoms with Crippen LogP contribution in [0.2, 0.25) is 0 Å². The lowest BCUT2D eigenvalue weighted by molar-refractivity contribution is 0.173. The summed E-state index contributed by atoms with van der Waals surface area (Å²) >= 11 is 0. The predicted molar refractivity (Wildman–Crippen MR) is 81.5 cm³/mol. The lowest BCUT2D eigenvalue weighted by Gasteiger charge is -2.11. The summed E-state index contributed by atoms with van der Waals surface area (Å²) in [6, 6.07) is 9.70. The number of aryl methyl sites for hydroxylation is 1. The average molecular weight is 306 g/mol. The zero-order valence-corrected chi connectivity index (χ0v) is 12.8. The van der Waals surface area contributed by atoms with Crippen molar-refractivity contribution in [2.45, 2.75) is 31.3 Å². The number of sulfonamides is 1. The van der Waals surface area contributed by atoms with E-state index >= 15 is 0 Å². The predicted octanol–water partition coefficient (Wildman–Crippen LogP) is 2.63. The molecule has 0 aliphatic rings. The number of aliphatic hydroxyl groups is 1. The van der Waals surface area contributed by atoms with Crippen molar-refractivity contribution in [1.82, 2.24) is 4.98 Å². The molecule has 2 N–H and O–H groups in total. The molecule has 5 nitrogen and oxygen atoms in total. The van der Waals surface area contributed by atoms with Gasteiger partial charge in [-0.3, -0.25) is 9.71 Å². The summed E-state index contributed by atoms with van der Waals surface area (Å²) in [7, 11) is -3.69. The Bertz CT molecular complexity index is 712. The summed E-state index contributed by atoms with van der Waals surface area (Å²) in [6.45, 7) is 3.66. The molecule has 112 valence electrons. The molecular formula is C15H18N2O3S. The van der Waals surface area contributed by atoms with E-state index in [2.05, 4.69) is 9.71 Å². The van der Waals surface area contributed by atoms with E-state index in [1.165, 1.54) is 18.3 Å². The number of aliphatic hydroxyl groups excluding tert-OH is 1. The second-order valence-corrected chi connectivity index (χ2v) is 6.47. The maximum atomic E-state index is 12.3. The molecule has 1 atom stereocenters. The van der Waals surface area contributed by atoms with Crippen LogP contribution in [0.5, 0.6) is 0 Å². The maximum absolute atomic E-state index is 12.3. The molecule has 0 bridgehead atoms. The SMILES string of the molecule is CCC(O)c1cccc(S(=O)(=O)Nc2ccc(C)nc2)c1. The molecule has 0 saturated carbocycles. The minimum Gasteiger partial charge on any atom is -0.388 e. The Morgan fingerprint density at radius 1 is 1.29 bits per heavy atom. The number of hydrogen-bond acceptors (Lipinski definition) is 4. The van der Waals surface area contributed by atoms with Gasteiger partial charge in [0.15, 0.2) is 0 Å². The molecular weight excluding hydrogens is 288 g/mol. The van der Waals surface area contributed by atoms with Crippen molar-refractivity contribution in [3.05, 3.63) is 53.9 Å².